The highest BCUT2D eigenvalue weighted by atomic mass is 32.1. The monoisotopic (exact) mass is 557 g/mol. The predicted molar refractivity (Wildman–Crippen MR) is 159 cm³/mol. The molecule has 6 heterocycles. The van der Waals surface area contributed by atoms with Crippen LogP contribution in [0.3, 0.4) is 0 Å². The number of aromatic nitrogens is 4. The quantitative estimate of drug-likeness (QED) is 0.331. The molecule has 11 heteroatoms. The smallest absolute Gasteiger partial charge is 0.261 e. The molecule has 4 aromatic heterocycles. The number of aryl methyl sites for hydroxylation is 2. The van der Waals surface area contributed by atoms with Gasteiger partial charge in [-0.3, -0.25) is 4.79 Å². The fourth-order valence-electron chi connectivity index (χ4n) is 6.01. The summed E-state index contributed by atoms with van der Waals surface area (Å²) in [4.78, 5) is 29.6. The van der Waals surface area contributed by atoms with Crippen LogP contribution in [0.2, 0.25) is 0 Å². The Balaban J connectivity index is 1.06. The van der Waals surface area contributed by atoms with Crippen molar-refractivity contribution in [2.24, 2.45) is 0 Å². The average molecular weight is 558 g/mol. The van der Waals surface area contributed by atoms with Gasteiger partial charge in [0.25, 0.3) is 5.91 Å². The van der Waals surface area contributed by atoms with Gasteiger partial charge in [0.15, 0.2) is 5.65 Å². The fraction of sp³-hybridized carbons (Fsp3) is 0.448. The topological polar surface area (TPSA) is 103 Å². The van der Waals surface area contributed by atoms with Gasteiger partial charge in [0.05, 0.1) is 23.0 Å². The number of amides is 1. The zero-order valence-corrected chi connectivity index (χ0v) is 23.4. The van der Waals surface area contributed by atoms with Crippen LogP contribution in [-0.4, -0.2) is 70.8 Å². The van der Waals surface area contributed by atoms with Gasteiger partial charge in [0.1, 0.15) is 17.5 Å². The number of carbonyl (C=O) groups is 1. The maximum Gasteiger partial charge on any atom is 0.261 e. The number of fused-ring (bicyclic) bond motifs is 2. The Hall–Kier alpha value is -3.70. The molecule has 40 heavy (non-hydrogen) atoms. The Morgan fingerprint density at radius 3 is 2.77 bits per heavy atom. The van der Waals surface area contributed by atoms with Crippen LogP contribution in [0.25, 0.3) is 5.65 Å². The lowest BCUT2D eigenvalue weighted by atomic mass is 9.99. The Bertz CT molecular complexity index is 1470. The van der Waals surface area contributed by atoms with Crippen LogP contribution >= 0.6 is 11.3 Å². The number of piperazine rings is 1. The number of anilines is 4. The van der Waals surface area contributed by atoms with E-state index in [4.69, 9.17) is 4.98 Å². The highest BCUT2D eigenvalue weighted by Crippen LogP contribution is 2.30. The van der Waals surface area contributed by atoms with E-state index in [9.17, 15) is 4.79 Å². The Kier molecular flexibility index (Phi) is 6.98. The molecule has 2 saturated heterocycles. The first-order chi connectivity index (χ1) is 19.7. The molecule has 10 nitrogen and oxygen atoms in total. The molecule has 1 unspecified atom stereocenters. The molecule has 3 aliphatic rings. The van der Waals surface area contributed by atoms with E-state index in [0.717, 1.165) is 98.6 Å². The van der Waals surface area contributed by atoms with Crippen LogP contribution in [0, 0.1) is 0 Å². The summed E-state index contributed by atoms with van der Waals surface area (Å²) in [6.07, 6.45) is 10.3. The predicted octanol–water partition coefficient (Wildman–Crippen LogP) is 3.62. The van der Waals surface area contributed by atoms with Crippen molar-refractivity contribution in [3.63, 3.8) is 0 Å². The maximum absolute atomic E-state index is 13.1. The van der Waals surface area contributed by atoms with Crippen molar-refractivity contribution in [2.75, 3.05) is 54.4 Å². The van der Waals surface area contributed by atoms with Crippen LogP contribution in [0.1, 0.15) is 45.8 Å². The van der Waals surface area contributed by atoms with Crippen molar-refractivity contribution in [1.29, 1.82) is 0 Å². The van der Waals surface area contributed by atoms with Crippen molar-refractivity contribution in [3.05, 3.63) is 58.0 Å². The lowest BCUT2D eigenvalue weighted by Gasteiger charge is -2.34. The van der Waals surface area contributed by atoms with Crippen LogP contribution in [-0.2, 0) is 12.8 Å². The zero-order chi connectivity index (χ0) is 26.9. The maximum atomic E-state index is 13.1. The molecule has 208 valence electrons. The summed E-state index contributed by atoms with van der Waals surface area (Å²) in [5, 5.41) is 14.6. The number of nitrogens with zero attached hydrogens (tertiary/aromatic N) is 6. The summed E-state index contributed by atoms with van der Waals surface area (Å²) in [7, 11) is 0. The minimum atomic E-state index is 0.0585. The van der Waals surface area contributed by atoms with Crippen LogP contribution in [0.5, 0.6) is 0 Å². The second-order valence-corrected chi connectivity index (χ2v) is 12.0. The first-order valence-corrected chi connectivity index (χ1v) is 15.2. The number of rotatable bonds is 6. The molecule has 4 aromatic rings. The summed E-state index contributed by atoms with van der Waals surface area (Å²) in [6, 6.07) is 10.3. The van der Waals surface area contributed by atoms with Gasteiger partial charge < -0.3 is 25.8 Å². The lowest BCUT2D eigenvalue weighted by molar-refractivity contribution is 0.0937. The largest absolute Gasteiger partial charge is 0.368 e. The summed E-state index contributed by atoms with van der Waals surface area (Å²) < 4.78 is 1.80. The summed E-state index contributed by atoms with van der Waals surface area (Å²) in [6.45, 7) is 5.59. The molecule has 1 amide bonds. The third-order valence-electron chi connectivity index (χ3n) is 8.13. The molecule has 0 aromatic carbocycles. The minimum Gasteiger partial charge on any atom is -0.368 e. The molecular weight excluding hydrogens is 522 g/mol. The highest BCUT2D eigenvalue weighted by molar-refractivity contribution is 7.14. The van der Waals surface area contributed by atoms with Gasteiger partial charge in [-0.15, -0.1) is 11.3 Å². The fourth-order valence-corrected chi connectivity index (χ4v) is 7.17. The van der Waals surface area contributed by atoms with E-state index >= 15 is 0 Å². The van der Waals surface area contributed by atoms with Gasteiger partial charge in [0.2, 0.25) is 0 Å². The molecule has 7 rings (SSSR count). The highest BCUT2D eigenvalue weighted by Gasteiger charge is 2.25. The SMILES string of the molecule is O=C(NC1CCCN(c2cc(Nc3ccc(N4CCNCC4)cn3)n3nccc3n2)C1)c1cc2c(s1)CCCC2. The standard InChI is InChI=1S/C29H35N9OS/c39-29(24-16-20-4-1-2-6-23(20)40-24)33-21-5-3-13-37(19-21)27-17-28(38-26(35-27)9-10-32-38)34-25-8-7-22(18-31-25)36-14-11-30-12-15-36/h7-10,16-18,21,30H,1-6,11-15,19H2,(H,31,34)(H,33,39). The Labute approximate surface area is 237 Å². The average Bonchev–Trinajstić information content (AvgIpc) is 3.66. The van der Waals surface area contributed by atoms with Gasteiger partial charge in [-0.25, -0.2) is 9.97 Å². The van der Waals surface area contributed by atoms with Crippen LogP contribution < -0.4 is 25.8 Å². The summed E-state index contributed by atoms with van der Waals surface area (Å²) in [5.41, 5.74) is 3.28. The van der Waals surface area contributed by atoms with Crippen molar-refractivity contribution >= 4 is 46.0 Å². The van der Waals surface area contributed by atoms with Crippen LogP contribution in [0.4, 0.5) is 23.1 Å². The van der Waals surface area contributed by atoms with E-state index in [-0.39, 0.29) is 11.9 Å². The number of pyridine rings is 1. The van der Waals surface area contributed by atoms with Crippen molar-refractivity contribution in [2.45, 2.75) is 44.6 Å². The summed E-state index contributed by atoms with van der Waals surface area (Å²) >= 11 is 1.68. The third kappa shape index (κ3) is 5.23. The van der Waals surface area contributed by atoms with Crippen molar-refractivity contribution in [1.82, 2.24) is 30.2 Å². The minimum absolute atomic E-state index is 0.0585. The van der Waals surface area contributed by atoms with Gasteiger partial charge in [-0.1, -0.05) is 0 Å². The molecule has 0 saturated carbocycles. The first-order valence-electron chi connectivity index (χ1n) is 14.4. The third-order valence-corrected chi connectivity index (χ3v) is 9.37. The molecule has 0 bridgehead atoms. The molecule has 0 spiro atoms. The van der Waals surface area contributed by atoms with Crippen molar-refractivity contribution in [3.8, 4) is 0 Å². The van der Waals surface area contributed by atoms with E-state index in [1.54, 1.807) is 22.0 Å². The number of piperidine rings is 1. The molecule has 2 aliphatic heterocycles. The van der Waals surface area contributed by atoms with E-state index in [0.29, 0.717) is 0 Å². The molecule has 0 radical (unpaired) electrons. The molecule has 2 fully saturated rings. The number of thiophene rings is 1. The molecular formula is C29H35N9OS. The number of hydrogen-bond donors (Lipinski definition) is 3. The van der Waals surface area contributed by atoms with Gasteiger partial charge in [0, 0.05) is 62.3 Å². The van der Waals surface area contributed by atoms with Gasteiger partial charge >= 0.3 is 0 Å². The van der Waals surface area contributed by atoms with E-state index in [2.05, 4.69) is 48.0 Å². The Morgan fingerprint density at radius 2 is 1.93 bits per heavy atom. The van der Waals surface area contributed by atoms with E-state index < -0.39 is 0 Å². The molecule has 1 aliphatic carbocycles. The van der Waals surface area contributed by atoms with E-state index in [1.807, 2.05) is 24.4 Å². The number of carbonyl (C=O) groups excluding carboxylic acids is 1. The second kappa shape index (κ2) is 11.1. The second-order valence-electron chi connectivity index (χ2n) is 10.9. The Morgan fingerprint density at radius 1 is 1.02 bits per heavy atom. The number of nitrogens with one attached hydrogen (secondary N) is 3. The van der Waals surface area contributed by atoms with Gasteiger partial charge in [-0.05, 0) is 62.3 Å². The molecule has 3 N–H and O–H groups in total. The zero-order valence-electron chi connectivity index (χ0n) is 22.6. The van der Waals surface area contributed by atoms with Gasteiger partial charge in [-0.2, -0.15) is 9.61 Å². The summed E-state index contributed by atoms with van der Waals surface area (Å²) in [5.74, 6) is 2.50. The van der Waals surface area contributed by atoms with Crippen molar-refractivity contribution < 1.29 is 4.79 Å². The molecule has 1 atom stereocenters. The van der Waals surface area contributed by atoms with Crippen LogP contribution in [0.15, 0.2) is 42.7 Å². The first kappa shape index (κ1) is 25.3. The lowest BCUT2D eigenvalue weighted by Crippen LogP contribution is -2.48. The number of hydrogen-bond acceptors (Lipinski definition) is 9. The normalized spacial score (nSPS) is 19.4. The van der Waals surface area contributed by atoms with E-state index in [1.165, 1.54) is 23.3 Å².